The van der Waals surface area contributed by atoms with E-state index in [1.807, 2.05) is 18.2 Å². The number of hydrogen-bond donors (Lipinski definition) is 2. The fraction of sp³-hybridized carbons (Fsp3) is 0.556. The molecule has 0 aromatic carbocycles. The van der Waals surface area contributed by atoms with Crippen LogP contribution < -0.4 is 10.2 Å². The maximum absolute atomic E-state index is 13.0. The molecule has 2 N–H and O–H groups in total. The maximum atomic E-state index is 13.0. The zero-order valence-electron chi connectivity index (χ0n) is 14.5. The van der Waals surface area contributed by atoms with Crippen molar-refractivity contribution in [2.75, 3.05) is 13.2 Å². The summed E-state index contributed by atoms with van der Waals surface area (Å²) in [5.41, 5.74) is -0.672. The van der Waals surface area contributed by atoms with Gasteiger partial charge in [-0.2, -0.15) is 0 Å². The van der Waals surface area contributed by atoms with Crippen LogP contribution in [0, 0.1) is 5.92 Å². The van der Waals surface area contributed by atoms with E-state index < -0.39 is 5.54 Å². The Hall–Kier alpha value is -1.37. The second-order valence-corrected chi connectivity index (χ2v) is 9.01. The van der Waals surface area contributed by atoms with Gasteiger partial charge in [-0.15, -0.1) is 11.3 Å². The monoisotopic (exact) mass is 382 g/mol. The van der Waals surface area contributed by atoms with Gasteiger partial charge in [0.15, 0.2) is 6.67 Å². The lowest BCUT2D eigenvalue weighted by molar-refractivity contribution is -0.915. The summed E-state index contributed by atoms with van der Waals surface area (Å²) in [6.45, 7) is 7.75. The molecule has 25 heavy (non-hydrogen) atoms. The first-order valence-electron chi connectivity index (χ1n) is 8.76. The summed E-state index contributed by atoms with van der Waals surface area (Å²) in [5, 5.41) is 2.98. The minimum atomic E-state index is -0.672. The number of imide groups is 1. The van der Waals surface area contributed by atoms with Crippen molar-refractivity contribution in [3.63, 3.8) is 0 Å². The predicted molar refractivity (Wildman–Crippen MR) is 99.7 cm³/mol. The first-order chi connectivity index (χ1) is 11.9. The Labute approximate surface area is 157 Å². The molecule has 1 aromatic rings. The van der Waals surface area contributed by atoms with Crippen LogP contribution in [0.5, 0.6) is 0 Å². The van der Waals surface area contributed by atoms with Crippen molar-refractivity contribution in [3.8, 4) is 0 Å². The fourth-order valence-electron chi connectivity index (χ4n) is 3.73. The normalized spacial score (nSPS) is 27.6. The maximum Gasteiger partial charge on any atom is 0.329 e. The lowest BCUT2D eigenvalue weighted by Gasteiger charge is -2.33. The van der Waals surface area contributed by atoms with E-state index in [1.165, 1.54) is 16.2 Å². The smallest absolute Gasteiger partial charge is 0.323 e. The number of amides is 3. The van der Waals surface area contributed by atoms with E-state index in [9.17, 15) is 9.59 Å². The van der Waals surface area contributed by atoms with E-state index in [4.69, 9.17) is 11.6 Å². The van der Waals surface area contributed by atoms with Crippen molar-refractivity contribution in [3.05, 3.63) is 34.0 Å². The Morgan fingerprint density at radius 2 is 2.16 bits per heavy atom. The molecule has 3 rings (SSSR count). The highest BCUT2D eigenvalue weighted by molar-refractivity contribution is 7.16. The molecule has 5 nitrogen and oxygen atoms in total. The highest BCUT2D eigenvalue weighted by atomic mass is 35.5. The molecular weight excluding hydrogens is 358 g/mol. The van der Waals surface area contributed by atoms with E-state index in [1.54, 1.807) is 0 Å². The van der Waals surface area contributed by atoms with Crippen molar-refractivity contribution < 1.29 is 14.5 Å². The van der Waals surface area contributed by atoms with Gasteiger partial charge in [-0.05, 0) is 49.8 Å². The summed E-state index contributed by atoms with van der Waals surface area (Å²) in [4.78, 5) is 29.1. The molecule has 2 fully saturated rings. The standard InChI is InChI=1S/C18H24ClN3O2S/c1-3-10-21(11-14-4-5-15(19)25-14)12-22-16(23)18(20-17(22)24)8-6-13(2)7-9-18/h3-5,13H,1,6-12H2,2H3,(H,20,24)/p+1. The van der Waals surface area contributed by atoms with E-state index in [0.29, 0.717) is 25.7 Å². The molecule has 1 spiro atoms. The molecule has 1 aliphatic carbocycles. The van der Waals surface area contributed by atoms with Crippen LogP contribution in [0.3, 0.4) is 0 Å². The summed E-state index contributed by atoms with van der Waals surface area (Å²) in [7, 11) is 0. The van der Waals surface area contributed by atoms with Gasteiger partial charge in [0.25, 0.3) is 5.91 Å². The third kappa shape index (κ3) is 3.91. The Balaban J connectivity index is 1.70. The number of rotatable bonds is 6. The number of halogens is 1. The molecular formula is C18H25ClN3O2S+. The van der Waals surface area contributed by atoms with Crippen LogP contribution in [0.25, 0.3) is 0 Å². The van der Waals surface area contributed by atoms with Gasteiger partial charge in [-0.1, -0.05) is 25.1 Å². The van der Waals surface area contributed by atoms with E-state index in [-0.39, 0.29) is 11.9 Å². The van der Waals surface area contributed by atoms with E-state index in [2.05, 4.69) is 18.8 Å². The second kappa shape index (κ2) is 7.48. The number of carbonyl (C=O) groups is 2. The number of urea groups is 1. The summed E-state index contributed by atoms with van der Waals surface area (Å²) in [6, 6.07) is 3.61. The quantitative estimate of drug-likeness (QED) is 0.586. The van der Waals surface area contributed by atoms with Gasteiger partial charge in [0.2, 0.25) is 0 Å². The third-order valence-electron chi connectivity index (χ3n) is 5.24. The van der Waals surface area contributed by atoms with Crippen LogP contribution in [-0.4, -0.2) is 35.6 Å². The molecule has 2 aliphatic rings. The summed E-state index contributed by atoms with van der Waals surface area (Å²) >= 11 is 7.54. The molecule has 1 atom stereocenters. The molecule has 2 heterocycles. The highest BCUT2D eigenvalue weighted by Gasteiger charge is 2.52. The predicted octanol–water partition coefficient (Wildman–Crippen LogP) is 2.43. The van der Waals surface area contributed by atoms with Crippen LogP contribution in [-0.2, 0) is 11.3 Å². The molecule has 7 heteroatoms. The molecule has 1 aromatic heterocycles. The Morgan fingerprint density at radius 1 is 1.44 bits per heavy atom. The Morgan fingerprint density at radius 3 is 2.76 bits per heavy atom. The minimum Gasteiger partial charge on any atom is -0.323 e. The van der Waals surface area contributed by atoms with Crippen molar-refractivity contribution in [2.24, 2.45) is 5.92 Å². The molecule has 0 radical (unpaired) electrons. The molecule has 1 saturated carbocycles. The number of nitrogens with one attached hydrogen (secondary N) is 2. The van der Waals surface area contributed by atoms with Gasteiger partial charge in [-0.3, -0.25) is 4.79 Å². The van der Waals surface area contributed by atoms with Gasteiger partial charge >= 0.3 is 6.03 Å². The SMILES string of the molecule is C=CC[NH+](Cc1ccc(Cl)s1)CN1C(=O)NC2(CCC(C)CC2)C1=O. The fourth-order valence-corrected chi connectivity index (χ4v) is 4.89. The zero-order valence-corrected chi connectivity index (χ0v) is 16.1. The van der Waals surface area contributed by atoms with Gasteiger partial charge in [0.05, 0.1) is 15.8 Å². The van der Waals surface area contributed by atoms with Gasteiger partial charge < -0.3 is 10.2 Å². The molecule has 136 valence electrons. The molecule has 1 saturated heterocycles. The van der Waals surface area contributed by atoms with E-state index in [0.717, 1.165) is 39.8 Å². The van der Waals surface area contributed by atoms with Crippen molar-refractivity contribution in [1.82, 2.24) is 10.2 Å². The van der Waals surface area contributed by atoms with Crippen molar-refractivity contribution >= 4 is 34.9 Å². The number of hydrogen-bond acceptors (Lipinski definition) is 3. The lowest BCUT2D eigenvalue weighted by Crippen LogP contribution is -3.12. The summed E-state index contributed by atoms with van der Waals surface area (Å²) < 4.78 is 0.748. The first kappa shape index (κ1) is 18.4. The van der Waals surface area contributed by atoms with E-state index >= 15 is 0 Å². The molecule has 1 unspecified atom stereocenters. The lowest BCUT2D eigenvalue weighted by atomic mass is 9.77. The van der Waals surface area contributed by atoms with Crippen LogP contribution in [0.2, 0.25) is 4.34 Å². The largest absolute Gasteiger partial charge is 0.329 e. The van der Waals surface area contributed by atoms with Crippen LogP contribution in [0.4, 0.5) is 4.79 Å². The topological polar surface area (TPSA) is 53.9 Å². The summed E-state index contributed by atoms with van der Waals surface area (Å²) in [5.74, 6) is 0.561. The Kier molecular flexibility index (Phi) is 5.51. The van der Waals surface area contributed by atoms with Gasteiger partial charge in [0.1, 0.15) is 12.1 Å². The van der Waals surface area contributed by atoms with Gasteiger partial charge in [0, 0.05) is 0 Å². The molecule has 3 amide bonds. The number of carbonyl (C=O) groups excluding carboxylic acids is 2. The van der Waals surface area contributed by atoms with Crippen molar-refractivity contribution in [1.29, 1.82) is 0 Å². The second-order valence-electron chi connectivity index (χ2n) is 7.21. The zero-order chi connectivity index (χ0) is 18.0. The minimum absolute atomic E-state index is 0.0600. The van der Waals surface area contributed by atoms with Gasteiger partial charge in [-0.25, -0.2) is 9.69 Å². The summed E-state index contributed by atoms with van der Waals surface area (Å²) in [6.07, 6.45) is 5.27. The average molecular weight is 383 g/mol. The van der Waals surface area contributed by atoms with Crippen molar-refractivity contribution in [2.45, 2.75) is 44.7 Å². The molecule has 0 bridgehead atoms. The number of thiophene rings is 1. The van der Waals surface area contributed by atoms with Crippen LogP contribution in [0.1, 0.15) is 37.5 Å². The molecule has 1 aliphatic heterocycles. The highest BCUT2D eigenvalue weighted by Crippen LogP contribution is 2.36. The number of quaternary nitrogens is 1. The Bertz CT molecular complexity index is 667. The average Bonchev–Trinajstić information content (AvgIpc) is 3.07. The number of nitrogens with zero attached hydrogens (tertiary/aromatic N) is 1. The van der Waals surface area contributed by atoms with Crippen LogP contribution in [0.15, 0.2) is 24.8 Å². The van der Waals surface area contributed by atoms with Crippen LogP contribution >= 0.6 is 22.9 Å². The first-order valence-corrected chi connectivity index (χ1v) is 9.96. The third-order valence-corrected chi connectivity index (χ3v) is 6.47.